The van der Waals surface area contributed by atoms with Gasteiger partial charge in [-0.05, 0) is 38.0 Å². The molecule has 3 nitrogen and oxygen atoms in total. The summed E-state index contributed by atoms with van der Waals surface area (Å²) in [7, 11) is 0. The Bertz CT molecular complexity index is 497. The molecule has 0 spiro atoms. The van der Waals surface area contributed by atoms with Crippen molar-refractivity contribution in [3.63, 3.8) is 0 Å². The highest BCUT2D eigenvalue weighted by atomic mass is 19.1. The lowest BCUT2D eigenvalue weighted by atomic mass is 9.93. The summed E-state index contributed by atoms with van der Waals surface area (Å²) in [5.74, 6) is -0.505. The van der Waals surface area contributed by atoms with Crippen LogP contribution >= 0.6 is 0 Å². The molecule has 2 atom stereocenters. The number of benzene rings is 1. The molecule has 1 aromatic rings. The van der Waals surface area contributed by atoms with Gasteiger partial charge in [-0.2, -0.15) is 5.26 Å². The fourth-order valence-corrected chi connectivity index (χ4v) is 2.60. The first-order chi connectivity index (χ1) is 8.51. The lowest BCUT2D eigenvalue weighted by molar-refractivity contribution is 0.0329. The average molecular weight is 248 g/mol. The number of anilines is 1. The molecular weight excluding hydrogens is 231 g/mol. The van der Waals surface area contributed by atoms with E-state index in [1.807, 2.05) is 24.8 Å². The van der Waals surface area contributed by atoms with Crippen LogP contribution in [-0.2, 0) is 0 Å². The van der Waals surface area contributed by atoms with Crippen LogP contribution in [0.2, 0.25) is 0 Å². The Balaban J connectivity index is 2.29. The van der Waals surface area contributed by atoms with Crippen molar-refractivity contribution >= 4 is 5.69 Å². The Hall–Kier alpha value is -1.60. The second kappa shape index (κ2) is 4.58. The standard InChI is InChI=1S/C14H17FN2O/c1-3-14(18)6-7-17(10(14)2)12-5-4-11(9-16)13(15)8-12/h4-5,8,10,18H,3,6-7H2,1-2H3. The van der Waals surface area contributed by atoms with Crippen LogP contribution in [0.15, 0.2) is 18.2 Å². The third kappa shape index (κ3) is 1.95. The van der Waals surface area contributed by atoms with E-state index in [1.54, 1.807) is 6.07 Å². The third-order valence-electron chi connectivity index (χ3n) is 4.05. The fraction of sp³-hybridized carbons (Fsp3) is 0.500. The highest BCUT2D eigenvalue weighted by molar-refractivity contribution is 5.52. The van der Waals surface area contributed by atoms with Crippen LogP contribution in [0, 0.1) is 17.1 Å². The van der Waals surface area contributed by atoms with E-state index in [0.29, 0.717) is 19.4 Å². The maximum atomic E-state index is 13.6. The smallest absolute Gasteiger partial charge is 0.143 e. The summed E-state index contributed by atoms with van der Waals surface area (Å²) in [5, 5.41) is 19.1. The van der Waals surface area contributed by atoms with Crippen molar-refractivity contribution in [1.29, 1.82) is 5.26 Å². The van der Waals surface area contributed by atoms with Gasteiger partial charge in [0.1, 0.15) is 11.9 Å². The van der Waals surface area contributed by atoms with Crippen LogP contribution in [0.5, 0.6) is 0 Å². The van der Waals surface area contributed by atoms with E-state index < -0.39 is 11.4 Å². The van der Waals surface area contributed by atoms with Crippen LogP contribution < -0.4 is 4.90 Å². The van der Waals surface area contributed by atoms with Crippen molar-refractivity contribution in [1.82, 2.24) is 0 Å². The molecule has 18 heavy (non-hydrogen) atoms. The lowest BCUT2D eigenvalue weighted by Crippen LogP contribution is -2.42. The molecule has 1 aromatic carbocycles. The van der Waals surface area contributed by atoms with Crippen LogP contribution in [0.3, 0.4) is 0 Å². The van der Waals surface area contributed by atoms with Gasteiger partial charge < -0.3 is 10.0 Å². The van der Waals surface area contributed by atoms with E-state index in [2.05, 4.69) is 0 Å². The van der Waals surface area contributed by atoms with Gasteiger partial charge in [0.2, 0.25) is 0 Å². The minimum atomic E-state index is -0.704. The number of rotatable bonds is 2. The van der Waals surface area contributed by atoms with E-state index in [4.69, 9.17) is 5.26 Å². The summed E-state index contributed by atoms with van der Waals surface area (Å²) in [4.78, 5) is 1.99. The van der Waals surface area contributed by atoms with Crippen molar-refractivity contribution < 1.29 is 9.50 Å². The molecule has 1 heterocycles. The van der Waals surface area contributed by atoms with E-state index >= 15 is 0 Å². The zero-order valence-corrected chi connectivity index (χ0v) is 10.7. The molecule has 4 heteroatoms. The summed E-state index contributed by atoms with van der Waals surface area (Å²) in [6.45, 7) is 4.61. The molecule has 0 aromatic heterocycles. The van der Waals surface area contributed by atoms with Gasteiger partial charge in [-0.3, -0.25) is 0 Å². The maximum Gasteiger partial charge on any atom is 0.143 e. The van der Waals surface area contributed by atoms with Crippen LogP contribution in [-0.4, -0.2) is 23.3 Å². The number of aliphatic hydroxyl groups is 1. The molecule has 2 rings (SSSR count). The first kappa shape index (κ1) is 12.8. The number of hydrogen-bond acceptors (Lipinski definition) is 3. The van der Waals surface area contributed by atoms with E-state index in [9.17, 15) is 9.50 Å². The van der Waals surface area contributed by atoms with Crippen molar-refractivity contribution in [2.75, 3.05) is 11.4 Å². The van der Waals surface area contributed by atoms with Crippen molar-refractivity contribution in [3.8, 4) is 6.07 Å². The van der Waals surface area contributed by atoms with E-state index in [0.717, 1.165) is 5.69 Å². The van der Waals surface area contributed by atoms with Gasteiger partial charge >= 0.3 is 0 Å². The predicted octanol–water partition coefficient (Wildman–Crippen LogP) is 2.44. The molecule has 0 saturated carbocycles. The summed E-state index contributed by atoms with van der Waals surface area (Å²) >= 11 is 0. The Morgan fingerprint density at radius 3 is 2.83 bits per heavy atom. The Morgan fingerprint density at radius 1 is 1.61 bits per heavy atom. The average Bonchev–Trinajstić information content (AvgIpc) is 2.67. The van der Waals surface area contributed by atoms with Gasteiger partial charge in [0.05, 0.1) is 17.2 Å². The minimum absolute atomic E-state index is 0.0464. The first-order valence-corrected chi connectivity index (χ1v) is 6.20. The molecule has 0 aliphatic carbocycles. The van der Waals surface area contributed by atoms with E-state index in [-0.39, 0.29) is 11.6 Å². The largest absolute Gasteiger partial charge is 0.388 e. The normalized spacial score (nSPS) is 27.3. The SMILES string of the molecule is CCC1(O)CCN(c2ccc(C#N)c(F)c2)C1C. The first-order valence-electron chi connectivity index (χ1n) is 6.20. The quantitative estimate of drug-likeness (QED) is 0.874. The third-order valence-corrected chi connectivity index (χ3v) is 4.05. The molecule has 0 bridgehead atoms. The molecule has 1 N–H and O–H groups in total. The summed E-state index contributed by atoms with van der Waals surface area (Å²) in [5.41, 5.74) is 0.0735. The lowest BCUT2D eigenvalue weighted by Gasteiger charge is -2.31. The Labute approximate surface area is 106 Å². The summed E-state index contributed by atoms with van der Waals surface area (Å²) in [6.07, 6.45) is 1.37. The zero-order valence-electron chi connectivity index (χ0n) is 10.7. The van der Waals surface area contributed by atoms with Crippen molar-refractivity contribution in [2.24, 2.45) is 0 Å². The molecule has 1 aliphatic rings. The monoisotopic (exact) mass is 248 g/mol. The molecule has 0 radical (unpaired) electrons. The topological polar surface area (TPSA) is 47.3 Å². The molecular formula is C14H17FN2O. The van der Waals surface area contributed by atoms with Crippen LogP contribution in [0.25, 0.3) is 0 Å². The molecule has 1 fully saturated rings. The van der Waals surface area contributed by atoms with Gasteiger partial charge in [0, 0.05) is 12.2 Å². The zero-order chi connectivity index (χ0) is 13.3. The predicted molar refractivity (Wildman–Crippen MR) is 67.8 cm³/mol. The van der Waals surface area contributed by atoms with Gasteiger partial charge in [-0.15, -0.1) is 0 Å². The van der Waals surface area contributed by atoms with Gasteiger partial charge in [0.25, 0.3) is 0 Å². The molecule has 0 amide bonds. The van der Waals surface area contributed by atoms with Crippen LogP contribution in [0.1, 0.15) is 32.3 Å². The van der Waals surface area contributed by atoms with Gasteiger partial charge in [0.15, 0.2) is 0 Å². The van der Waals surface area contributed by atoms with E-state index in [1.165, 1.54) is 12.1 Å². The minimum Gasteiger partial charge on any atom is -0.388 e. The molecule has 1 saturated heterocycles. The maximum absolute atomic E-state index is 13.6. The van der Waals surface area contributed by atoms with Crippen molar-refractivity contribution in [2.45, 2.75) is 38.3 Å². The second-order valence-corrected chi connectivity index (χ2v) is 4.85. The molecule has 2 unspecified atom stereocenters. The van der Waals surface area contributed by atoms with Crippen molar-refractivity contribution in [3.05, 3.63) is 29.6 Å². The highest BCUT2D eigenvalue weighted by Crippen LogP contribution is 2.35. The van der Waals surface area contributed by atoms with Gasteiger partial charge in [-0.1, -0.05) is 6.92 Å². The summed E-state index contributed by atoms with van der Waals surface area (Å²) in [6, 6.07) is 6.36. The molecule has 96 valence electrons. The summed E-state index contributed by atoms with van der Waals surface area (Å²) < 4.78 is 13.6. The number of halogens is 1. The second-order valence-electron chi connectivity index (χ2n) is 4.85. The molecule has 1 aliphatic heterocycles. The Morgan fingerprint density at radius 2 is 2.33 bits per heavy atom. The van der Waals surface area contributed by atoms with Crippen LogP contribution in [0.4, 0.5) is 10.1 Å². The number of hydrogen-bond donors (Lipinski definition) is 1. The number of nitriles is 1. The van der Waals surface area contributed by atoms with Gasteiger partial charge in [-0.25, -0.2) is 4.39 Å². The fourth-order valence-electron chi connectivity index (χ4n) is 2.60. The highest BCUT2D eigenvalue weighted by Gasteiger charge is 2.41. The Kier molecular flexibility index (Phi) is 3.27. The number of nitrogens with zero attached hydrogens (tertiary/aromatic N) is 2.